The monoisotopic (exact) mass is 278 g/mol. The van der Waals surface area contributed by atoms with Crippen LogP contribution in [0.2, 0.25) is 0 Å². The molecule has 0 aliphatic heterocycles. The second-order valence-electron chi connectivity index (χ2n) is 4.38. The van der Waals surface area contributed by atoms with E-state index >= 15 is 0 Å². The molecule has 1 atom stereocenters. The van der Waals surface area contributed by atoms with Gasteiger partial charge in [-0.25, -0.2) is 4.79 Å². The number of benzene rings is 1. The van der Waals surface area contributed by atoms with E-state index in [9.17, 15) is 9.90 Å². The van der Waals surface area contributed by atoms with Crippen molar-refractivity contribution in [3.05, 3.63) is 52.2 Å². The summed E-state index contributed by atoms with van der Waals surface area (Å²) in [6.07, 6.45) is 0. The van der Waals surface area contributed by atoms with Crippen molar-refractivity contribution in [2.24, 2.45) is 0 Å². The predicted octanol–water partition coefficient (Wildman–Crippen LogP) is 2.73. The van der Waals surface area contributed by atoms with Crippen LogP contribution in [0.25, 0.3) is 0 Å². The van der Waals surface area contributed by atoms with Gasteiger partial charge in [0.2, 0.25) is 0 Å². The van der Waals surface area contributed by atoms with Crippen LogP contribution in [0.15, 0.2) is 41.8 Å². The van der Waals surface area contributed by atoms with Gasteiger partial charge in [-0.2, -0.15) is 0 Å². The first-order valence-corrected chi connectivity index (χ1v) is 6.59. The first-order valence-electron chi connectivity index (χ1n) is 5.71. The maximum Gasteiger partial charge on any atom is 0.346 e. The molecule has 0 aliphatic rings. The maximum atomic E-state index is 10.7. The number of carbonyl (C=O) groups is 1. The SMILES string of the molecule is CC(O)(COc1csc(C(=O)O)c1)c1ccccc1. The standard InChI is InChI=1S/C14H14O4S/c1-14(17,10-5-3-2-4-6-10)9-18-11-7-12(13(15)16)19-8-11/h2-8,17H,9H2,1H3,(H,15,16). The van der Waals surface area contributed by atoms with Crippen LogP contribution in [0.4, 0.5) is 0 Å². The second-order valence-corrected chi connectivity index (χ2v) is 5.29. The van der Waals surface area contributed by atoms with Crippen LogP contribution in [0.5, 0.6) is 5.75 Å². The molecule has 2 N–H and O–H groups in total. The molecule has 0 bridgehead atoms. The van der Waals surface area contributed by atoms with Crippen LogP contribution in [0.1, 0.15) is 22.2 Å². The topological polar surface area (TPSA) is 66.8 Å². The summed E-state index contributed by atoms with van der Waals surface area (Å²) in [5, 5.41) is 20.8. The minimum atomic E-state index is -1.12. The molecule has 0 saturated heterocycles. The van der Waals surface area contributed by atoms with Crippen molar-refractivity contribution in [3.63, 3.8) is 0 Å². The number of aromatic carboxylic acids is 1. The molecule has 1 heterocycles. The molecule has 0 saturated carbocycles. The van der Waals surface area contributed by atoms with Gasteiger partial charge in [0.1, 0.15) is 22.8 Å². The van der Waals surface area contributed by atoms with Gasteiger partial charge in [0.15, 0.2) is 0 Å². The molecule has 0 aliphatic carbocycles. The Bertz CT molecular complexity index is 560. The number of hydrogen-bond donors (Lipinski definition) is 2. The van der Waals surface area contributed by atoms with Gasteiger partial charge < -0.3 is 14.9 Å². The fourth-order valence-corrected chi connectivity index (χ4v) is 2.28. The van der Waals surface area contributed by atoms with Gasteiger partial charge in [-0.05, 0) is 12.5 Å². The highest BCUT2D eigenvalue weighted by Gasteiger charge is 2.24. The summed E-state index contributed by atoms with van der Waals surface area (Å²) in [7, 11) is 0. The van der Waals surface area contributed by atoms with Crippen LogP contribution >= 0.6 is 11.3 Å². The molecular formula is C14H14O4S. The number of rotatable bonds is 5. The molecule has 0 fully saturated rings. The van der Waals surface area contributed by atoms with Crippen LogP contribution in [-0.2, 0) is 5.60 Å². The molecule has 1 aromatic heterocycles. The van der Waals surface area contributed by atoms with Crippen molar-refractivity contribution in [1.82, 2.24) is 0 Å². The fraction of sp³-hybridized carbons (Fsp3) is 0.214. The van der Waals surface area contributed by atoms with E-state index in [0.29, 0.717) is 5.75 Å². The van der Waals surface area contributed by atoms with E-state index in [1.54, 1.807) is 12.3 Å². The fourth-order valence-electron chi connectivity index (χ4n) is 1.61. The van der Waals surface area contributed by atoms with E-state index < -0.39 is 11.6 Å². The van der Waals surface area contributed by atoms with Crippen LogP contribution in [-0.4, -0.2) is 22.8 Å². The Labute approximate surface area is 114 Å². The Balaban J connectivity index is 2.03. The Kier molecular flexibility index (Phi) is 3.87. The molecule has 0 spiro atoms. The smallest absolute Gasteiger partial charge is 0.346 e. The van der Waals surface area contributed by atoms with Crippen molar-refractivity contribution in [2.75, 3.05) is 6.61 Å². The maximum absolute atomic E-state index is 10.7. The van der Waals surface area contributed by atoms with Crippen LogP contribution in [0.3, 0.4) is 0 Å². The molecule has 1 unspecified atom stereocenters. The summed E-state index contributed by atoms with van der Waals surface area (Å²) in [6, 6.07) is 10.7. The Morgan fingerprint density at radius 2 is 2.05 bits per heavy atom. The molecule has 4 nitrogen and oxygen atoms in total. The average Bonchev–Trinajstić information content (AvgIpc) is 2.87. The lowest BCUT2D eigenvalue weighted by molar-refractivity contribution is 0.00773. The zero-order chi connectivity index (χ0) is 13.9. The third-order valence-electron chi connectivity index (χ3n) is 2.70. The molecular weight excluding hydrogens is 264 g/mol. The van der Waals surface area contributed by atoms with Gasteiger partial charge >= 0.3 is 5.97 Å². The highest BCUT2D eigenvalue weighted by Crippen LogP contribution is 2.25. The first-order chi connectivity index (χ1) is 8.99. The van der Waals surface area contributed by atoms with E-state index in [1.165, 1.54) is 6.07 Å². The number of carboxylic acids is 1. The summed E-state index contributed by atoms with van der Waals surface area (Å²) in [4.78, 5) is 11.0. The highest BCUT2D eigenvalue weighted by molar-refractivity contribution is 7.12. The zero-order valence-electron chi connectivity index (χ0n) is 10.4. The van der Waals surface area contributed by atoms with Crippen molar-refractivity contribution in [3.8, 4) is 5.75 Å². The number of hydrogen-bond acceptors (Lipinski definition) is 4. The van der Waals surface area contributed by atoms with E-state index in [0.717, 1.165) is 16.9 Å². The van der Waals surface area contributed by atoms with Gasteiger partial charge in [0.05, 0.1) is 0 Å². The number of carboxylic acid groups (broad SMARTS) is 1. The van der Waals surface area contributed by atoms with Crippen molar-refractivity contribution in [2.45, 2.75) is 12.5 Å². The molecule has 100 valence electrons. The third kappa shape index (κ3) is 3.33. The third-order valence-corrected chi connectivity index (χ3v) is 3.60. The minimum absolute atomic E-state index is 0.0623. The first kappa shape index (κ1) is 13.6. The lowest BCUT2D eigenvalue weighted by Gasteiger charge is -2.23. The van der Waals surface area contributed by atoms with Gasteiger partial charge in [0.25, 0.3) is 0 Å². The van der Waals surface area contributed by atoms with Crippen LogP contribution < -0.4 is 4.74 Å². The molecule has 5 heteroatoms. The lowest BCUT2D eigenvalue weighted by atomic mass is 9.97. The normalized spacial score (nSPS) is 13.8. The number of ether oxygens (including phenoxy) is 1. The predicted molar refractivity (Wildman–Crippen MR) is 72.8 cm³/mol. The van der Waals surface area contributed by atoms with E-state index in [1.807, 2.05) is 30.3 Å². The molecule has 19 heavy (non-hydrogen) atoms. The van der Waals surface area contributed by atoms with Crippen molar-refractivity contribution < 1.29 is 19.7 Å². The van der Waals surface area contributed by atoms with E-state index in [-0.39, 0.29) is 11.5 Å². The lowest BCUT2D eigenvalue weighted by Crippen LogP contribution is -2.29. The van der Waals surface area contributed by atoms with E-state index in [2.05, 4.69) is 0 Å². The van der Waals surface area contributed by atoms with Crippen molar-refractivity contribution in [1.29, 1.82) is 0 Å². The van der Waals surface area contributed by atoms with E-state index in [4.69, 9.17) is 9.84 Å². The zero-order valence-corrected chi connectivity index (χ0v) is 11.2. The molecule has 0 radical (unpaired) electrons. The molecule has 2 aromatic rings. The van der Waals surface area contributed by atoms with Crippen molar-refractivity contribution >= 4 is 17.3 Å². The van der Waals surface area contributed by atoms with Gasteiger partial charge in [-0.3, -0.25) is 0 Å². The number of aliphatic hydroxyl groups is 1. The second kappa shape index (κ2) is 5.42. The summed E-state index contributed by atoms with van der Waals surface area (Å²) < 4.78 is 5.45. The van der Waals surface area contributed by atoms with Gasteiger partial charge in [-0.15, -0.1) is 11.3 Å². The molecule has 2 rings (SSSR count). The Morgan fingerprint density at radius 1 is 1.37 bits per heavy atom. The Hall–Kier alpha value is -1.85. The van der Waals surface area contributed by atoms with Gasteiger partial charge in [-0.1, -0.05) is 30.3 Å². The summed E-state index contributed by atoms with van der Waals surface area (Å²) >= 11 is 1.10. The van der Waals surface area contributed by atoms with Gasteiger partial charge in [0, 0.05) is 11.4 Å². The average molecular weight is 278 g/mol. The van der Waals surface area contributed by atoms with Crippen LogP contribution in [0, 0.1) is 0 Å². The quantitative estimate of drug-likeness (QED) is 0.882. The largest absolute Gasteiger partial charge is 0.489 e. The Morgan fingerprint density at radius 3 is 2.63 bits per heavy atom. The summed E-state index contributed by atoms with van der Waals surface area (Å²) in [6.45, 7) is 1.72. The summed E-state index contributed by atoms with van der Waals surface area (Å²) in [5.41, 5.74) is -0.365. The molecule has 0 amide bonds. The summed E-state index contributed by atoms with van der Waals surface area (Å²) in [5.74, 6) is -0.520. The minimum Gasteiger partial charge on any atom is -0.489 e. The number of thiophene rings is 1. The molecule has 1 aromatic carbocycles. The highest BCUT2D eigenvalue weighted by atomic mass is 32.1.